The van der Waals surface area contributed by atoms with Crippen molar-refractivity contribution in [3.05, 3.63) is 45.3 Å². The summed E-state index contributed by atoms with van der Waals surface area (Å²) >= 11 is 5.14. The second kappa shape index (κ2) is 4.57. The zero-order chi connectivity index (χ0) is 9.80. The van der Waals surface area contributed by atoms with Crippen molar-refractivity contribution in [1.82, 2.24) is 4.98 Å². The summed E-state index contributed by atoms with van der Waals surface area (Å²) in [4.78, 5) is 4.03. The van der Waals surface area contributed by atoms with E-state index >= 15 is 0 Å². The van der Waals surface area contributed by atoms with Gasteiger partial charge in [0.2, 0.25) is 0 Å². The number of nitrogens with zero attached hydrogens (tertiary/aromatic N) is 1. The van der Waals surface area contributed by atoms with Gasteiger partial charge in [-0.1, -0.05) is 0 Å². The van der Waals surface area contributed by atoms with E-state index in [-0.39, 0.29) is 0 Å². The van der Waals surface area contributed by atoms with Crippen LogP contribution in [0.1, 0.15) is 5.56 Å². The molecule has 2 heterocycles. The first-order valence-corrected chi connectivity index (χ1v) is 5.89. The normalized spacial score (nSPS) is 10.1. The second-order valence-electron chi connectivity index (χ2n) is 2.85. The summed E-state index contributed by atoms with van der Waals surface area (Å²) in [5.41, 5.74) is 2.33. The van der Waals surface area contributed by atoms with E-state index in [9.17, 15) is 0 Å². The minimum absolute atomic E-state index is 0.841. The Hall–Kier alpha value is -0.870. The van der Waals surface area contributed by atoms with Crippen molar-refractivity contribution < 1.29 is 0 Å². The first kappa shape index (κ1) is 9.68. The van der Waals surface area contributed by atoms with Gasteiger partial charge >= 0.3 is 0 Å². The molecule has 0 aliphatic heterocycles. The first-order chi connectivity index (χ1) is 6.84. The summed E-state index contributed by atoms with van der Waals surface area (Å²) in [6.45, 7) is 0.841. The highest BCUT2D eigenvalue weighted by atomic mass is 79.9. The number of nitrogens with one attached hydrogen (secondary N) is 1. The van der Waals surface area contributed by atoms with Gasteiger partial charge in [-0.05, 0) is 45.1 Å². The average molecular weight is 269 g/mol. The van der Waals surface area contributed by atoms with Gasteiger partial charge in [0.05, 0.1) is 9.47 Å². The van der Waals surface area contributed by atoms with Crippen molar-refractivity contribution in [2.45, 2.75) is 6.54 Å². The van der Waals surface area contributed by atoms with Crippen LogP contribution in [0.2, 0.25) is 0 Å². The van der Waals surface area contributed by atoms with E-state index in [2.05, 4.69) is 37.7 Å². The number of hydrogen-bond acceptors (Lipinski definition) is 3. The molecule has 2 nitrogen and oxygen atoms in total. The molecule has 0 aromatic carbocycles. The average Bonchev–Trinajstić information content (AvgIpc) is 2.63. The number of aromatic nitrogens is 1. The molecule has 0 radical (unpaired) electrons. The molecule has 0 amide bonds. The molecule has 0 saturated heterocycles. The van der Waals surface area contributed by atoms with Gasteiger partial charge in [0, 0.05) is 18.9 Å². The highest BCUT2D eigenvalue weighted by molar-refractivity contribution is 9.11. The van der Waals surface area contributed by atoms with Gasteiger partial charge in [-0.25, -0.2) is 0 Å². The van der Waals surface area contributed by atoms with E-state index in [0.717, 1.165) is 12.2 Å². The maximum atomic E-state index is 4.03. The van der Waals surface area contributed by atoms with Gasteiger partial charge in [-0.2, -0.15) is 0 Å². The third-order valence-corrected chi connectivity index (χ3v) is 3.33. The molecule has 14 heavy (non-hydrogen) atoms. The fraction of sp³-hybridized carbons (Fsp3) is 0.100. The summed E-state index contributed by atoms with van der Waals surface area (Å²) in [7, 11) is 0. The fourth-order valence-corrected chi connectivity index (χ4v) is 2.32. The van der Waals surface area contributed by atoms with Crippen molar-refractivity contribution in [3.8, 4) is 0 Å². The van der Waals surface area contributed by atoms with E-state index < -0.39 is 0 Å². The number of pyridine rings is 1. The summed E-state index contributed by atoms with van der Waals surface area (Å²) in [5.74, 6) is 0. The molecule has 2 aromatic rings. The molecule has 1 N–H and O–H groups in total. The monoisotopic (exact) mass is 268 g/mol. The van der Waals surface area contributed by atoms with Crippen molar-refractivity contribution >= 4 is 33.0 Å². The first-order valence-electron chi connectivity index (χ1n) is 4.21. The minimum atomic E-state index is 0.841. The molecule has 0 unspecified atom stereocenters. The Morgan fingerprint density at radius 1 is 1.50 bits per heavy atom. The molecule has 2 rings (SSSR count). The van der Waals surface area contributed by atoms with Crippen LogP contribution in [0.5, 0.6) is 0 Å². The maximum Gasteiger partial charge on any atom is 0.0701 e. The molecule has 0 aliphatic rings. The van der Waals surface area contributed by atoms with Crippen LogP contribution in [0.3, 0.4) is 0 Å². The van der Waals surface area contributed by atoms with E-state index in [0.29, 0.717) is 0 Å². The SMILES string of the molecule is Brc1cc(CNc2cccnc2)cs1. The predicted octanol–water partition coefficient (Wildman–Crippen LogP) is 3.52. The van der Waals surface area contributed by atoms with Crippen LogP contribution in [0, 0.1) is 0 Å². The molecule has 0 saturated carbocycles. The Bertz CT molecular complexity index is 400. The molecular formula is C10H9BrN2S. The molecular weight excluding hydrogens is 260 g/mol. The lowest BCUT2D eigenvalue weighted by atomic mass is 10.3. The zero-order valence-corrected chi connectivity index (χ0v) is 9.81. The van der Waals surface area contributed by atoms with E-state index in [4.69, 9.17) is 0 Å². The number of rotatable bonds is 3. The third kappa shape index (κ3) is 2.56. The van der Waals surface area contributed by atoms with Crippen LogP contribution in [0.4, 0.5) is 5.69 Å². The molecule has 0 aliphatic carbocycles. The topological polar surface area (TPSA) is 24.9 Å². The maximum absolute atomic E-state index is 4.03. The summed E-state index contributed by atoms with van der Waals surface area (Å²) in [6, 6.07) is 6.05. The quantitative estimate of drug-likeness (QED) is 0.922. The molecule has 2 aromatic heterocycles. The van der Waals surface area contributed by atoms with Gasteiger partial charge in [0.1, 0.15) is 0 Å². The molecule has 72 valence electrons. The third-order valence-electron chi connectivity index (χ3n) is 1.78. The lowest BCUT2D eigenvalue weighted by Gasteiger charge is -2.02. The smallest absolute Gasteiger partial charge is 0.0701 e. The number of thiophene rings is 1. The Morgan fingerprint density at radius 2 is 2.43 bits per heavy atom. The standard InChI is InChI=1S/C10H9BrN2S/c11-10-4-8(7-14-10)5-13-9-2-1-3-12-6-9/h1-4,6-7,13H,5H2. The summed E-state index contributed by atoms with van der Waals surface area (Å²) in [5, 5.41) is 5.43. The van der Waals surface area contributed by atoms with Gasteiger partial charge in [-0.15, -0.1) is 11.3 Å². The van der Waals surface area contributed by atoms with Crippen LogP contribution in [0.25, 0.3) is 0 Å². The number of halogens is 1. The van der Waals surface area contributed by atoms with Gasteiger partial charge in [0.25, 0.3) is 0 Å². The van der Waals surface area contributed by atoms with Crippen LogP contribution in [-0.4, -0.2) is 4.98 Å². The van der Waals surface area contributed by atoms with Crippen molar-refractivity contribution in [1.29, 1.82) is 0 Å². The van der Waals surface area contributed by atoms with Gasteiger partial charge in [0.15, 0.2) is 0 Å². The van der Waals surface area contributed by atoms with Crippen LogP contribution in [-0.2, 0) is 6.54 Å². The Morgan fingerprint density at radius 3 is 3.07 bits per heavy atom. The van der Waals surface area contributed by atoms with E-state index in [1.807, 2.05) is 18.3 Å². The van der Waals surface area contributed by atoms with E-state index in [1.54, 1.807) is 17.5 Å². The lowest BCUT2D eigenvalue weighted by Crippen LogP contribution is -1.97. The van der Waals surface area contributed by atoms with Gasteiger partial charge < -0.3 is 5.32 Å². The van der Waals surface area contributed by atoms with Crippen molar-refractivity contribution in [3.63, 3.8) is 0 Å². The minimum Gasteiger partial charge on any atom is -0.380 e. The number of anilines is 1. The van der Waals surface area contributed by atoms with E-state index in [1.165, 1.54) is 9.35 Å². The molecule has 0 atom stereocenters. The Labute approximate surface area is 95.1 Å². The lowest BCUT2D eigenvalue weighted by molar-refractivity contribution is 1.15. The van der Waals surface area contributed by atoms with Gasteiger partial charge in [-0.3, -0.25) is 4.98 Å². The highest BCUT2D eigenvalue weighted by Gasteiger charge is 1.96. The molecule has 4 heteroatoms. The molecule has 0 spiro atoms. The highest BCUT2D eigenvalue weighted by Crippen LogP contribution is 2.21. The predicted molar refractivity (Wildman–Crippen MR) is 63.6 cm³/mol. The molecule has 0 fully saturated rings. The Balaban J connectivity index is 1.95. The second-order valence-corrected chi connectivity index (χ2v) is 5.14. The van der Waals surface area contributed by atoms with Crippen LogP contribution >= 0.6 is 27.3 Å². The fourth-order valence-electron chi connectivity index (χ4n) is 1.11. The molecule has 0 bridgehead atoms. The van der Waals surface area contributed by atoms with Crippen molar-refractivity contribution in [2.75, 3.05) is 5.32 Å². The largest absolute Gasteiger partial charge is 0.380 e. The summed E-state index contributed by atoms with van der Waals surface area (Å²) in [6.07, 6.45) is 3.59. The van der Waals surface area contributed by atoms with Crippen LogP contribution in [0.15, 0.2) is 39.8 Å². The number of hydrogen-bond donors (Lipinski definition) is 1. The zero-order valence-electron chi connectivity index (χ0n) is 7.40. The Kier molecular flexibility index (Phi) is 3.16. The van der Waals surface area contributed by atoms with Crippen LogP contribution < -0.4 is 5.32 Å². The summed E-state index contributed by atoms with van der Waals surface area (Å²) < 4.78 is 1.17. The van der Waals surface area contributed by atoms with Crippen molar-refractivity contribution in [2.24, 2.45) is 0 Å².